The van der Waals surface area contributed by atoms with E-state index in [1.807, 2.05) is 0 Å². The lowest BCUT2D eigenvalue weighted by Crippen LogP contribution is -2.13. The summed E-state index contributed by atoms with van der Waals surface area (Å²) in [5.74, 6) is -0.379. The van der Waals surface area contributed by atoms with E-state index < -0.39 is 12.0 Å². The third-order valence-electron chi connectivity index (χ3n) is 3.20. The minimum Gasteiger partial charge on any atom is -0.493 e. The van der Waals surface area contributed by atoms with Crippen LogP contribution < -0.4 is 5.56 Å². The SMILES string of the molecule is O=c1cc(O)nc2ccc(-c3cc(C(F)F)ccc3Cl)cn12. The Morgan fingerprint density at radius 2 is 1.95 bits per heavy atom. The summed E-state index contributed by atoms with van der Waals surface area (Å²) in [6.07, 6.45) is -1.17. The van der Waals surface area contributed by atoms with E-state index in [1.165, 1.54) is 34.9 Å². The van der Waals surface area contributed by atoms with Crippen molar-refractivity contribution in [3.63, 3.8) is 0 Å². The van der Waals surface area contributed by atoms with Gasteiger partial charge in [0.1, 0.15) is 5.65 Å². The van der Waals surface area contributed by atoms with E-state index in [2.05, 4.69) is 4.98 Å². The summed E-state index contributed by atoms with van der Waals surface area (Å²) in [7, 11) is 0. The summed E-state index contributed by atoms with van der Waals surface area (Å²) < 4.78 is 26.8. The molecule has 0 saturated carbocycles. The Labute approximate surface area is 128 Å². The van der Waals surface area contributed by atoms with Crippen LogP contribution in [0.15, 0.2) is 47.4 Å². The molecule has 1 N–H and O–H groups in total. The summed E-state index contributed by atoms with van der Waals surface area (Å²) in [6.45, 7) is 0. The maximum absolute atomic E-state index is 12.8. The van der Waals surface area contributed by atoms with Gasteiger partial charge in [-0.25, -0.2) is 8.78 Å². The van der Waals surface area contributed by atoms with Crippen molar-refractivity contribution in [1.82, 2.24) is 9.38 Å². The molecule has 2 heterocycles. The Hall–Kier alpha value is -2.47. The molecule has 4 nitrogen and oxygen atoms in total. The molecule has 0 aliphatic carbocycles. The van der Waals surface area contributed by atoms with Crippen LogP contribution in [0.4, 0.5) is 8.78 Å². The van der Waals surface area contributed by atoms with Gasteiger partial charge in [-0.2, -0.15) is 4.98 Å². The van der Waals surface area contributed by atoms with Gasteiger partial charge in [0.2, 0.25) is 5.88 Å². The van der Waals surface area contributed by atoms with E-state index >= 15 is 0 Å². The van der Waals surface area contributed by atoms with E-state index in [-0.39, 0.29) is 17.1 Å². The third-order valence-corrected chi connectivity index (χ3v) is 3.53. The fraction of sp³-hybridized carbons (Fsp3) is 0.0667. The number of aromatic nitrogens is 2. The van der Waals surface area contributed by atoms with Crippen molar-refractivity contribution < 1.29 is 13.9 Å². The molecule has 0 spiro atoms. The van der Waals surface area contributed by atoms with Crippen molar-refractivity contribution in [2.75, 3.05) is 0 Å². The second-order valence-corrected chi connectivity index (χ2v) is 5.05. The van der Waals surface area contributed by atoms with Crippen LogP contribution in [-0.4, -0.2) is 14.5 Å². The van der Waals surface area contributed by atoms with Crippen LogP contribution in [-0.2, 0) is 0 Å². The number of pyridine rings is 1. The van der Waals surface area contributed by atoms with Crippen LogP contribution in [0.3, 0.4) is 0 Å². The molecule has 22 heavy (non-hydrogen) atoms. The lowest BCUT2D eigenvalue weighted by atomic mass is 10.0. The predicted molar refractivity (Wildman–Crippen MR) is 78.5 cm³/mol. The Bertz CT molecular complexity index is 925. The normalized spacial score (nSPS) is 11.3. The smallest absolute Gasteiger partial charge is 0.263 e. The number of fused-ring (bicyclic) bond motifs is 1. The van der Waals surface area contributed by atoms with E-state index in [0.29, 0.717) is 16.1 Å². The number of benzene rings is 1. The molecule has 3 rings (SSSR count). The lowest BCUT2D eigenvalue weighted by molar-refractivity contribution is 0.151. The number of hydrogen-bond acceptors (Lipinski definition) is 3. The lowest BCUT2D eigenvalue weighted by Gasteiger charge is -2.09. The quantitative estimate of drug-likeness (QED) is 0.783. The van der Waals surface area contributed by atoms with E-state index in [9.17, 15) is 18.7 Å². The molecule has 112 valence electrons. The Morgan fingerprint density at radius 3 is 2.68 bits per heavy atom. The summed E-state index contributed by atoms with van der Waals surface area (Å²) in [5.41, 5.74) is 0.493. The van der Waals surface area contributed by atoms with Crippen LogP contribution in [0.1, 0.15) is 12.0 Å². The molecule has 0 saturated heterocycles. The van der Waals surface area contributed by atoms with Gasteiger partial charge in [-0.1, -0.05) is 17.7 Å². The zero-order valence-corrected chi connectivity index (χ0v) is 11.8. The highest BCUT2D eigenvalue weighted by molar-refractivity contribution is 6.33. The molecular formula is C15H9ClF2N2O2. The maximum Gasteiger partial charge on any atom is 0.263 e. The first kappa shape index (κ1) is 14.5. The van der Waals surface area contributed by atoms with Crippen molar-refractivity contribution >= 4 is 17.2 Å². The molecule has 0 atom stereocenters. The molecule has 0 amide bonds. The van der Waals surface area contributed by atoms with Crippen LogP contribution in [0.2, 0.25) is 5.02 Å². The van der Waals surface area contributed by atoms with E-state index in [1.54, 1.807) is 6.07 Å². The highest BCUT2D eigenvalue weighted by atomic mass is 35.5. The Morgan fingerprint density at radius 1 is 1.18 bits per heavy atom. The summed E-state index contributed by atoms with van der Waals surface area (Å²) >= 11 is 6.06. The minimum atomic E-state index is -2.61. The van der Waals surface area contributed by atoms with Gasteiger partial charge in [0.25, 0.3) is 12.0 Å². The first-order chi connectivity index (χ1) is 10.5. The molecule has 0 unspecified atom stereocenters. The third kappa shape index (κ3) is 2.53. The van der Waals surface area contributed by atoms with Crippen molar-refractivity contribution in [1.29, 1.82) is 0 Å². The van der Waals surface area contributed by atoms with Crippen molar-refractivity contribution in [3.05, 3.63) is 63.5 Å². The van der Waals surface area contributed by atoms with Gasteiger partial charge < -0.3 is 5.11 Å². The average molecular weight is 323 g/mol. The average Bonchev–Trinajstić information content (AvgIpc) is 2.47. The molecule has 0 aliphatic heterocycles. The fourth-order valence-corrected chi connectivity index (χ4v) is 2.38. The number of hydrogen-bond donors (Lipinski definition) is 1. The summed E-state index contributed by atoms with van der Waals surface area (Å²) in [4.78, 5) is 15.7. The predicted octanol–water partition coefficient (Wildman–Crippen LogP) is 3.66. The van der Waals surface area contributed by atoms with Gasteiger partial charge in [-0.15, -0.1) is 0 Å². The molecule has 0 fully saturated rings. The number of halogens is 3. The maximum atomic E-state index is 12.8. The van der Waals surface area contributed by atoms with Gasteiger partial charge in [-0.3, -0.25) is 9.20 Å². The van der Waals surface area contributed by atoms with E-state index in [0.717, 1.165) is 6.07 Å². The number of nitrogens with zero attached hydrogens (tertiary/aromatic N) is 2. The van der Waals surface area contributed by atoms with Crippen LogP contribution in [0.5, 0.6) is 5.88 Å². The van der Waals surface area contributed by atoms with Crippen LogP contribution in [0.25, 0.3) is 16.8 Å². The fourth-order valence-electron chi connectivity index (χ4n) is 2.15. The number of alkyl halides is 2. The largest absolute Gasteiger partial charge is 0.493 e. The molecule has 0 aliphatic rings. The van der Waals surface area contributed by atoms with Gasteiger partial charge >= 0.3 is 0 Å². The topological polar surface area (TPSA) is 54.6 Å². The highest BCUT2D eigenvalue weighted by Crippen LogP contribution is 2.32. The zero-order chi connectivity index (χ0) is 15.9. The minimum absolute atomic E-state index is 0.157. The van der Waals surface area contributed by atoms with Gasteiger partial charge in [0, 0.05) is 27.9 Å². The first-order valence-electron chi connectivity index (χ1n) is 6.26. The van der Waals surface area contributed by atoms with Crippen molar-refractivity contribution in [2.45, 2.75) is 6.43 Å². The van der Waals surface area contributed by atoms with Crippen molar-refractivity contribution in [2.24, 2.45) is 0 Å². The molecule has 1 aromatic carbocycles. The van der Waals surface area contributed by atoms with Gasteiger partial charge in [-0.05, 0) is 24.3 Å². The van der Waals surface area contributed by atoms with Gasteiger partial charge in [0.15, 0.2) is 0 Å². The zero-order valence-electron chi connectivity index (χ0n) is 11.0. The molecule has 2 aromatic heterocycles. The molecule has 7 heteroatoms. The highest BCUT2D eigenvalue weighted by Gasteiger charge is 2.12. The Balaban J connectivity index is 2.23. The first-order valence-corrected chi connectivity index (χ1v) is 6.64. The second-order valence-electron chi connectivity index (χ2n) is 4.64. The molecular weight excluding hydrogens is 314 g/mol. The summed E-state index contributed by atoms with van der Waals surface area (Å²) in [5, 5.41) is 9.61. The van der Waals surface area contributed by atoms with Gasteiger partial charge in [0.05, 0.1) is 6.07 Å². The number of aromatic hydroxyl groups is 1. The monoisotopic (exact) mass is 322 g/mol. The second kappa shape index (κ2) is 5.38. The van der Waals surface area contributed by atoms with Crippen molar-refractivity contribution in [3.8, 4) is 17.0 Å². The number of rotatable bonds is 2. The summed E-state index contributed by atoms with van der Waals surface area (Å²) in [6, 6.07) is 7.99. The Kier molecular flexibility index (Phi) is 3.54. The molecule has 3 aromatic rings. The van der Waals surface area contributed by atoms with Crippen LogP contribution in [0, 0.1) is 0 Å². The van der Waals surface area contributed by atoms with E-state index in [4.69, 9.17) is 11.6 Å². The molecule has 0 radical (unpaired) electrons. The van der Waals surface area contributed by atoms with Crippen LogP contribution >= 0.6 is 11.6 Å². The molecule has 0 bridgehead atoms. The standard InChI is InChI=1S/C15H9ClF2N2O2/c16-11-3-1-8(15(17)18)5-10(11)9-2-4-12-19-13(21)6-14(22)20(12)7-9/h1-7,15,21H.